The smallest absolute Gasteiger partial charge is 0.251 e. The van der Waals surface area contributed by atoms with Gasteiger partial charge < -0.3 is 10.2 Å². The number of benzene rings is 1. The Hall–Kier alpha value is -1.60. The highest BCUT2D eigenvalue weighted by molar-refractivity contribution is 7.92. The van der Waals surface area contributed by atoms with Gasteiger partial charge in [-0.1, -0.05) is 6.07 Å². The average molecular weight is 311 g/mol. The number of carbonyl (C=O) groups is 1. The Bertz CT molecular complexity index is 608. The molecule has 1 heterocycles. The van der Waals surface area contributed by atoms with Gasteiger partial charge in [-0.3, -0.25) is 9.52 Å². The van der Waals surface area contributed by atoms with Gasteiger partial charge in [-0.05, 0) is 51.2 Å². The van der Waals surface area contributed by atoms with Crippen molar-refractivity contribution in [2.75, 3.05) is 31.1 Å². The molecule has 1 amide bonds. The molecular formula is C14H21N3O3S. The molecule has 0 aromatic heterocycles. The third kappa shape index (κ3) is 5.02. The molecule has 0 saturated carbocycles. The molecule has 2 rings (SSSR count). The Balaban J connectivity index is 2.01. The normalized spacial score (nSPS) is 17.4. The van der Waals surface area contributed by atoms with Gasteiger partial charge in [0, 0.05) is 17.3 Å². The van der Waals surface area contributed by atoms with Crippen molar-refractivity contribution in [3.05, 3.63) is 29.8 Å². The molecule has 0 atom stereocenters. The van der Waals surface area contributed by atoms with Gasteiger partial charge in [0.2, 0.25) is 10.0 Å². The summed E-state index contributed by atoms with van der Waals surface area (Å²) in [5.41, 5.74) is 0.858. The first-order valence-electron chi connectivity index (χ1n) is 6.91. The molecule has 1 aromatic rings. The third-order valence-electron chi connectivity index (χ3n) is 3.48. The first-order valence-corrected chi connectivity index (χ1v) is 8.80. The summed E-state index contributed by atoms with van der Waals surface area (Å²) in [4.78, 5) is 14.4. The lowest BCUT2D eigenvalue weighted by Crippen LogP contribution is -2.43. The van der Waals surface area contributed by atoms with Gasteiger partial charge in [0.25, 0.3) is 5.91 Å². The van der Waals surface area contributed by atoms with E-state index in [1.165, 1.54) is 0 Å². The van der Waals surface area contributed by atoms with E-state index in [4.69, 9.17) is 0 Å². The van der Waals surface area contributed by atoms with E-state index in [1.54, 1.807) is 24.3 Å². The Morgan fingerprint density at radius 2 is 1.95 bits per heavy atom. The molecule has 0 spiro atoms. The molecule has 2 N–H and O–H groups in total. The van der Waals surface area contributed by atoms with E-state index < -0.39 is 10.0 Å². The van der Waals surface area contributed by atoms with Crippen LogP contribution in [-0.2, 0) is 10.0 Å². The van der Waals surface area contributed by atoms with Crippen LogP contribution in [0.15, 0.2) is 24.3 Å². The number of piperidine rings is 1. The van der Waals surface area contributed by atoms with E-state index >= 15 is 0 Å². The zero-order valence-electron chi connectivity index (χ0n) is 12.3. The van der Waals surface area contributed by atoms with Crippen molar-refractivity contribution in [3.8, 4) is 0 Å². The van der Waals surface area contributed by atoms with E-state index in [2.05, 4.69) is 22.0 Å². The first kappa shape index (κ1) is 15.8. The van der Waals surface area contributed by atoms with Crippen molar-refractivity contribution >= 4 is 21.6 Å². The predicted molar refractivity (Wildman–Crippen MR) is 82.9 cm³/mol. The molecule has 6 nitrogen and oxygen atoms in total. The summed E-state index contributed by atoms with van der Waals surface area (Å²) >= 11 is 0. The van der Waals surface area contributed by atoms with Crippen LogP contribution in [0.5, 0.6) is 0 Å². The Kier molecular flexibility index (Phi) is 4.84. The lowest BCUT2D eigenvalue weighted by Gasteiger charge is -2.29. The van der Waals surface area contributed by atoms with E-state index in [9.17, 15) is 13.2 Å². The standard InChI is InChI=1S/C14H21N3O3S/c1-17-8-6-12(7-9-17)15-14(18)11-4-3-5-13(10-11)16-21(2,19)20/h3-5,10,12,16H,6-9H2,1-2H3,(H,15,18). The van der Waals surface area contributed by atoms with Crippen molar-refractivity contribution < 1.29 is 13.2 Å². The van der Waals surface area contributed by atoms with Gasteiger partial charge in [0.1, 0.15) is 0 Å². The molecule has 0 bridgehead atoms. The Labute approximate surface area is 125 Å². The first-order chi connectivity index (χ1) is 9.83. The van der Waals surface area contributed by atoms with Gasteiger partial charge >= 0.3 is 0 Å². The fraction of sp³-hybridized carbons (Fsp3) is 0.500. The van der Waals surface area contributed by atoms with Crippen LogP contribution in [0, 0.1) is 0 Å². The van der Waals surface area contributed by atoms with Crippen LogP contribution in [0.2, 0.25) is 0 Å². The monoisotopic (exact) mass is 311 g/mol. The topological polar surface area (TPSA) is 78.5 Å². The van der Waals surface area contributed by atoms with Crippen LogP contribution in [0.4, 0.5) is 5.69 Å². The van der Waals surface area contributed by atoms with E-state index in [0.717, 1.165) is 32.2 Å². The highest BCUT2D eigenvalue weighted by Gasteiger charge is 2.19. The number of amides is 1. The summed E-state index contributed by atoms with van der Waals surface area (Å²) in [5, 5.41) is 3.00. The number of nitrogens with zero attached hydrogens (tertiary/aromatic N) is 1. The second kappa shape index (κ2) is 6.44. The number of hydrogen-bond acceptors (Lipinski definition) is 4. The molecule has 116 valence electrons. The molecule has 1 aromatic carbocycles. The number of sulfonamides is 1. The summed E-state index contributed by atoms with van der Waals surface area (Å²) in [6.45, 7) is 1.95. The number of nitrogens with one attached hydrogen (secondary N) is 2. The minimum absolute atomic E-state index is 0.165. The van der Waals surface area contributed by atoms with Gasteiger partial charge in [-0.15, -0.1) is 0 Å². The second-order valence-corrected chi connectivity index (χ2v) is 7.25. The maximum atomic E-state index is 12.2. The third-order valence-corrected chi connectivity index (χ3v) is 4.09. The van der Waals surface area contributed by atoms with Gasteiger partial charge in [-0.2, -0.15) is 0 Å². The Morgan fingerprint density at radius 1 is 1.29 bits per heavy atom. The van der Waals surface area contributed by atoms with Crippen LogP contribution in [0.25, 0.3) is 0 Å². The summed E-state index contributed by atoms with van der Waals surface area (Å²) in [5.74, 6) is -0.165. The predicted octanol–water partition coefficient (Wildman–Crippen LogP) is 0.882. The van der Waals surface area contributed by atoms with Crippen molar-refractivity contribution in [1.82, 2.24) is 10.2 Å². The van der Waals surface area contributed by atoms with Crippen molar-refractivity contribution in [3.63, 3.8) is 0 Å². The lowest BCUT2D eigenvalue weighted by molar-refractivity contribution is 0.0917. The number of carbonyl (C=O) groups excluding carboxylic acids is 1. The molecule has 7 heteroatoms. The largest absolute Gasteiger partial charge is 0.349 e. The van der Waals surface area contributed by atoms with Crippen LogP contribution in [-0.4, -0.2) is 51.7 Å². The molecule has 1 fully saturated rings. The van der Waals surface area contributed by atoms with Crippen molar-refractivity contribution in [2.24, 2.45) is 0 Å². The SMILES string of the molecule is CN1CCC(NC(=O)c2cccc(NS(C)(=O)=O)c2)CC1. The zero-order valence-corrected chi connectivity index (χ0v) is 13.1. The van der Waals surface area contributed by atoms with Gasteiger partial charge in [0.15, 0.2) is 0 Å². The zero-order chi connectivity index (χ0) is 15.5. The minimum Gasteiger partial charge on any atom is -0.349 e. The maximum absolute atomic E-state index is 12.2. The number of hydrogen-bond donors (Lipinski definition) is 2. The second-order valence-electron chi connectivity index (χ2n) is 5.51. The van der Waals surface area contributed by atoms with E-state index in [0.29, 0.717) is 11.3 Å². The maximum Gasteiger partial charge on any atom is 0.251 e. The van der Waals surface area contributed by atoms with Crippen LogP contribution >= 0.6 is 0 Å². The number of likely N-dealkylation sites (tertiary alicyclic amines) is 1. The van der Waals surface area contributed by atoms with Crippen molar-refractivity contribution in [2.45, 2.75) is 18.9 Å². The number of anilines is 1. The molecule has 0 radical (unpaired) electrons. The van der Waals surface area contributed by atoms with Crippen molar-refractivity contribution in [1.29, 1.82) is 0 Å². The summed E-state index contributed by atoms with van der Waals surface area (Å²) < 4.78 is 24.8. The van der Waals surface area contributed by atoms with Crippen LogP contribution in [0.3, 0.4) is 0 Å². The molecule has 0 unspecified atom stereocenters. The molecule has 1 aliphatic rings. The molecule has 1 saturated heterocycles. The lowest BCUT2D eigenvalue weighted by atomic mass is 10.0. The Morgan fingerprint density at radius 3 is 2.57 bits per heavy atom. The quantitative estimate of drug-likeness (QED) is 0.865. The minimum atomic E-state index is -3.34. The molecule has 0 aliphatic carbocycles. The summed E-state index contributed by atoms with van der Waals surface area (Å²) in [6, 6.07) is 6.69. The summed E-state index contributed by atoms with van der Waals surface area (Å²) in [6.07, 6.45) is 2.95. The molecular weight excluding hydrogens is 290 g/mol. The summed E-state index contributed by atoms with van der Waals surface area (Å²) in [7, 11) is -1.27. The van der Waals surface area contributed by atoms with Gasteiger partial charge in [-0.25, -0.2) is 8.42 Å². The average Bonchev–Trinajstić information content (AvgIpc) is 2.40. The van der Waals surface area contributed by atoms with E-state index in [-0.39, 0.29) is 11.9 Å². The fourth-order valence-corrected chi connectivity index (χ4v) is 2.91. The highest BCUT2D eigenvalue weighted by Crippen LogP contribution is 2.14. The van der Waals surface area contributed by atoms with Gasteiger partial charge in [0.05, 0.1) is 6.26 Å². The molecule has 21 heavy (non-hydrogen) atoms. The van der Waals surface area contributed by atoms with Crippen LogP contribution in [0.1, 0.15) is 23.2 Å². The molecule has 1 aliphatic heterocycles. The highest BCUT2D eigenvalue weighted by atomic mass is 32.2. The van der Waals surface area contributed by atoms with Crippen LogP contribution < -0.4 is 10.0 Å². The van der Waals surface area contributed by atoms with E-state index in [1.807, 2.05) is 0 Å². The number of rotatable bonds is 4. The fourth-order valence-electron chi connectivity index (χ4n) is 2.36.